The normalized spacial score (nSPS) is 13.7. The van der Waals surface area contributed by atoms with Crippen LogP contribution in [0.2, 0.25) is 0 Å². The molecule has 3 amide bonds. The number of rotatable bonds is 10. The molecule has 9 heteroatoms. The first-order valence-electron chi connectivity index (χ1n) is 10.7. The summed E-state index contributed by atoms with van der Waals surface area (Å²) >= 11 is 1.58. The smallest absolute Gasteiger partial charge is 0.251 e. The monoisotopic (exact) mass is 452 g/mol. The maximum absolute atomic E-state index is 12.3. The van der Waals surface area contributed by atoms with Crippen molar-refractivity contribution in [1.82, 2.24) is 20.4 Å². The van der Waals surface area contributed by atoms with Gasteiger partial charge in [-0.05, 0) is 42.0 Å². The SMILES string of the molecule is O=C(NCCCCCc1nc(-c2cccs2)no1)c1ccc(CN2C(=O)CCC2=O)cc1. The number of unbranched alkanes of at least 4 members (excludes halogenated alkanes) is 2. The van der Waals surface area contributed by atoms with E-state index < -0.39 is 0 Å². The number of imide groups is 1. The second kappa shape index (κ2) is 10.3. The van der Waals surface area contributed by atoms with Crippen LogP contribution in [0.3, 0.4) is 0 Å². The number of nitrogens with one attached hydrogen (secondary N) is 1. The molecule has 1 saturated heterocycles. The number of hydrogen-bond acceptors (Lipinski definition) is 7. The predicted octanol–water partition coefficient (Wildman–Crippen LogP) is 3.59. The van der Waals surface area contributed by atoms with Gasteiger partial charge in [0.1, 0.15) is 0 Å². The van der Waals surface area contributed by atoms with E-state index in [0.717, 1.165) is 36.1 Å². The van der Waals surface area contributed by atoms with Crippen molar-refractivity contribution in [2.75, 3.05) is 6.54 Å². The Bertz CT molecular complexity index is 1060. The Morgan fingerprint density at radius 2 is 1.84 bits per heavy atom. The second-order valence-corrected chi connectivity index (χ2v) is 8.57. The van der Waals surface area contributed by atoms with E-state index in [9.17, 15) is 14.4 Å². The molecule has 0 spiro atoms. The Morgan fingerprint density at radius 1 is 1.06 bits per heavy atom. The highest BCUT2D eigenvalue weighted by Gasteiger charge is 2.28. The largest absolute Gasteiger partial charge is 0.352 e. The molecule has 0 atom stereocenters. The Morgan fingerprint density at radius 3 is 2.56 bits per heavy atom. The van der Waals surface area contributed by atoms with Gasteiger partial charge in [-0.15, -0.1) is 11.3 Å². The van der Waals surface area contributed by atoms with Gasteiger partial charge in [0, 0.05) is 31.4 Å². The number of likely N-dealkylation sites (tertiary alicyclic amines) is 1. The summed E-state index contributed by atoms with van der Waals surface area (Å²) in [7, 11) is 0. The molecule has 1 aliphatic heterocycles. The number of amides is 3. The lowest BCUT2D eigenvalue weighted by atomic mass is 10.1. The molecule has 0 radical (unpaired) electrons. The first kappa shape index (κ1) is 21.9. The van der Waals surface area contributed by atoms with Crippen molar-refractivity contribution in [1.29, 1.82) is 0 Å². The minimum atomic E-state index is -0.140. The molecular formula is C23H24N4O4S. The summed E-state index contributed by atoms with van der Waals surface area (Å²) in [6.45, 7) is 0.843. The lowest BCUT2D eigenvalue weighted by Crippen LogP contribution is -2.28. The Hall–Kier alpha value is -3.33. The summed E-state index contributed by atoms with van der Waals surface area (Å²) in [5.74, 6) is 0.849. The lowest BCUT2D eigenvalue weighted by molar-refractivity contribution is -0.139. The molecular weight excluding hydrogens is 428 g/mol. The van der Waals surface area contributed by atoms with Gasteiger partial charge in [-0.1, -0.05) is 29.8 Å². The summed E-state index contributed by atoms with van der Waals surface area (Å²) < 4.78 is 5.29. The van der Waals surface area contributed by atoms with E-state index in [1.54, 1.807) is 35.6 Å². The zero-order valence-corrected chi connectivity index (χ0v) is 18.4. The van der Waals surface area contributed by atoms with Crippen LogP contribution in [0.25, 0.3) is 10.7 Å². The number of carbonyl (C=O) groups excluding carboxylic acids is 3. The van der Waals surface area contributed by atoms with Gasteiger partial charge in [0.2, 0.25) is 23.5 Å². The summed E-state index contributed by atoms with van der Waals surface area (Å²) in [6, 6.07) is 10.9. The van der Waals surface area contributed by atoms with E-state index in [1.165, 1.54) is 4.90 Å². The molecule has 1 fully saturated rings. The number of nitrogens with zero attached hydrogens (tertiary/aromatic N) is 3. The van der Waals surface area contributed by atoms with Crippen molar-refractivity contribution < 1.29 is 18.9 Å². The molecule has 0 unspecified atom stereocenters. The Balaban J connectivity index is 1.14. The van der Waals surface area contributed by atoms with Crippen molar-refractivity contribution in [3.05, 3.63) is 58.8 Å². The van der Waals surface area contributed by atoms with Crippen LogP contribution in [-0.2, 0) is 22.6 Å². The molecule has 4 rings (SSSR count). The molecule has 0 saturated carbocycles. The Kier molecular flexibility index (Phi) is 7.06. The lowest BCUT2D eigenvalue weighted by Gasteiger charge is -2.14. The second-order valence-electron chi connectivity index (χ2n) is 7.63. The van der Waals surface area contributed by atoms with Crippen LogP contribution in [0.4, 0.5) is 0 Å². The first-order valence-corrected chi connectivity index (χ1v) is 11.5. The summed E-state index contributed by atoms with van der Waals surface area (Å²) in [6.07, 6.45) is 3.98. The molecule has 32 heavy (non-hydrogen) atoms. The van der Waals surface area contributed by atoms with E-state index in [2.05, 4.69) is 15.5 Å². The van der Waals surface area contributed by atoms with E-state index in [4.69, 9.17) is 4.52 Å². The third-order valence-corrected chi connectivity index (χ3v) is 6.14. The zero-order chi connectivity index (χ0) is 22.3. The third-order valence-electron chi connectivity index (χ3n) is 5.27. The van der Waals surface area contributed by atoms with Gasteiger partial charge in [-0.2, -0.15) is 4.98 Å². The molecule has 1 N–H and O–H groups in total. The quantitative estimate of drug-likeness (QED) is 0.372. The average Bonchev–Trinajstić information content (AvgIpc) is 3.55. The third kappa shape index (κ3) is 5.47. The van der Waals surface area contributed by atoms with Crippen molar-refractivity contribution in [2.24, 2.45) is 0 Å². The number of aryl methyl sites for hydroxylation is 1. The van der Waals surface area contributed by atoms with E-state index in [0.29, 0.717) is 23.8 Å². The van der Waals surface area contributed by atoms with Gasteiger partial charge in [0.25, 0.3) is 5.91 Å². The van der Waals surface area contributed by atoms with E-state index in [1.807, 2.05) is 17.5 Å². The summed E-state index contributed by atoms with van der Waals surface area (Å²) in [5.41, 5.74) is 1.38. The molecule has 3 heterocycles. The fraction of sp³-hybridized carbons (Fsp3) is 0.348. The van der Waals surface area contributed by atoms with Crippen LogP contribution in [0.5, 0.6) is 0 Å². The van der Waals surface area contributed by atoms with Gasteiger partial charge in [-0.3, -0.25) is 19.3 Å². The number of aromatic nitrogens is 2. The van der Waals surface area contributed by atoms with E-state index in [-0.39, 0.29) is 37.1 Å². The van der Waals surface area contributed by atoms with E-state index >= 15 is 0 Å². The highest BCUT2D eigenvalue weighted by atomic mass is 32.1. The van der Waals surface area contributed by atoms with Gasteiger partial charge in [0.05, 0.1) is 11.4 Å². The van der Waals surface area contributed by atoms with Crippen LogP contribution in [0, 0.1) is 0 Å². The molecule has 1 aliphatic rings. The zero-order valence-electron chi connectivity index (χ0n) is 17.6. The number of carbonyl (C=O) groups is 3. The van der Waals surface area contributed by atoms with Crippen LogP contribution >= 0.6 is 11.3 Å². The van der Waals surface area contributed by atoms with Gasteiger partial charge >= 0.3 is 0 Å². The first-order chi connectivity index (χ1) is 15.6. The summed E-state index contributed by atoms with van der Waals surface area (Å²) in [4.78, 5) is 42.4. The molecule has 0 aliphatic carbocycles. The fourth-order valence-electron chi connectivity index (χ4n) is 3.49. The molecule has 1 aromatic carbocycles. The van der Waals surface area contributed by atoms with Gasteiger partial charge in [-0.25, -0.2) is 0 Å². The highest BCUT2D eigenvalue weighted by molar-refractivity contribution is 7.13. The van der Waals surface area contributed by atoms with Crippen LogP contribution in [0.1, 0.15) is 53.9 Å². The van der Waals surface area contributed by atoms with Gasteiger partial charge in [0.15, 0.2) is 0 Å². The minimum Gasteiger partial charge on any atom is -0.352 e. The van der Waals surface area contributed by atoms with Crippen LogP contribution in [-0.4, -0.2) is 39.3 Å². The van der Waals surface area contributed by atoms with Gasteiger partial charge < -0.3 is 9.84 Å². The van der Waals surface area contributed by atoms with Crippen LogP contribution < -0.4 is 5.32 Å². The fourth-order valence-corrected chi connectivity index (χ4v) is 4.14. The number of hydrogen-bond donors (Lipinski definition) is 1. The number of thiophene rings is 1. The molecule has 8 nitrogen and oxygen atoms in total. The minimum absolute atomic E-state index is 0.137. The number of benzene rings is 1. The molecule has 3 aromatic rings. The molecule has 0 bridgehead atoms. The average molecular weight is 453 g/mol. The van der Waals surface area contributed by atoms with Crippen molar-refractivity contribution >= 4 is 29.1 Å². The topological polar surface area (TPSA) is 105 Å². The summed E-state index contributed by atoms with van der Waals surface area (Å²) in [5, 5.41) is 8.90. The Labute approximate surface area is 189 Å². The standard InChI is InChI=1S/C23H24N4O4S/c28-20-11-12-21(29)27(20)15-16-7-9-17(10-8-16)23(30)24-13-3-1-2-6-19-25-22(26-31-19)18-5-4-14-32-18/h4-5,7-10,14H,1-3,6,11-13,15H2,(H,24,30). The van der Waals surface area contributed by atoms with Crippen LogP contribution in [0.15, 0.2) is 46.3 Å². The molecule has 166 valence electrons. The maximum Gasteiger partial charge on any atom is 0.251 e. The predicted molar refractivity (Wildman–Crippen MR) is 119 cm³/mol. The van der Waals surface area contributed by atoms with Crippen molar-refractivity contribution in [3.63, 3.8) is 0 Å². The maximum atomic E-state index is 12.3. The van der Waals surface area contributed by atoms with Crippen molar-refractivity contribution in [3.8, 4) is 10.7 Å². The molecule has 2 aromatic heterocycles. The van der Waals surface area contributed by atoms with Crippen molar-refractivity contribution in [2.45, 2.75) is 45.1 Å². The highest BCUT2D eigenvalue weighted by Crippen LogP contribution is 2.21.